The SMILES string of the molecule is C[C@H]1O[C@@H](OC[C@@H]2O[C@@H](OC3CC4C(O)CC(O)CC4[OH+]C3C3CCC(O)C(O)C3)[C@H](O)[C@@H](O)[C@@H]2O)[C@H](O)[C@H](O)[C@H]1O. The highest BCUT2D eigenvalue weighted by Gasteiger charge is 2.55. The molecule has 5 aliphatic rings. The smallest absolute Gasteiger partial charge is 0.187 e. The van der Waals surface area contributed by atoms with Crippen molar-refractivity contribution in [2.75, 3.05) is 6.61 Å². The molecule has 5 rings (SSSR count). The average molecular weight is 612 g/mol. The Bertz CT molecular complexity index is 882. The lowest BCUT2D eigenvalue weighted by Crippen LogP contribution is -2.63. The van der Waals surface area contributed by atoms with Crippen LogP contribution in [0.1, 0.15) is 45.4 Å². The van der Waals surface area contributed by atoms with Crippen LogP contribution in [0.25, 0.3) is 0 Å². The van der Waals surface area contributed by atoms with Gasteiger partial charge in [-0.1, -0.05) is 0 Å². The summed E-state index contributed by atoms with van der Waals surface area (Å²) >= 11 is 0. The molecular formula is C27H47O15+. The number of ether oxygens (including phenoxy) is 5. The van der Waals surface area contributed by atoms with E-state index in [9.17, 15) is 51.1 Å². The molecule has 0 amide bonds. The Kier molecular flexibility index (Phi) is 10.5. The third-order valence-corrected chi connectivity index (χ3v) is 9.78. The minimum absolute atomic E-state index is 0.189. The second-order valence-corrected chi connectivity index (χ2v) is 12.7. The first-order valence-electron chi connectivity index (χ1n) is 14.9. The predicted octanol–water partition coefficient (Wildman–Crippen LogP) is -4.65. The van der Waals surface area contributed by atoms with E-state index >= 15 is 0 Å². The van der Waals surface area contributed by atoms with Gasteiger partial charge in [-0.25, -0.2) is 0 Å². The van der Waals surface area contributed by atoms with Crippen LogP contribution in [0.5, 0.6) is 0 Å². The summed E-state index contributed by atoms with van der Waals surface area (Å²) in [4.78, 5) is 0. The van der Waals surface area contributed by atoms with Crippen LogP contribution in [0.2, 0.25) is 0 Å². The molecule has 11 N–H and O–H groups in total. The van der Waals surface area contributed by atoms with Crippen LogP contribution in [0, 0.1) is 11.8 Å². The molecule has 0 radical (unpaired) electrons. The van der Waals surface area contributed by atoms with Crippen LogP contribution < -0.4 is 0 Å². The Morgan fingerprint density at radius 3 is 2.07 bits per heavy atom. The third-order valence-electron chi connectivity index (χ3n) is 9.78. The van der Waals surface area contributed by atoms with E-state index in [0.29, 0.717) is 25.7 Å². The van der Waals surface area contributed by atoms with Crippen molar-refractivity contribution in [1.82, 2.24) is 0 Å². The van der Waals surface area contributed by atoms with Gasteiger partial charge >= 0.3 is 0 Å². The maximum atomic E-state index is 10.8. The van der Waals surface area contributed by atoms with Gasteiger partial charge in [0.2, 0.25) is 0 Å². The first-order valence-corrected chi connectivity index (χ1v) is 14.9. The van der Waals surface area contributed by atoms with Crippen molar-refractivity contribution in [1.29, 1.82) is 0 Å². The lowest BCUT2D eigenvalue weighted by atomic mass is 9.72. The van der Waals surface area contributed by atoms with Gasteiger partial charge in [-0.05, 0) is 32.6 Å². The van der Waals surface area contributed by atoms with Gasteiger partial charge in [0, 0.05) is 18.8 Å². The van der Waals surface area contributed by atoms with Gasteiger partial charge in [0.05, 0.1) is 43.0 Å². The van der Waals surface area contributed by atoms with Gasteiger partial charge < -0.3 is 74.7 Å². The minimum Gasteiger partial charge on any atom is -0.427 e. The zero-order chi connectivity index (χ0) is 30.5. The van der Waals surface area contributed by atoms with Crippen LogP contribution in [-0.2, 0) is 18.9 Å². The minimum atomic E-state index is -1.70. The fourth-order valence-corrected chi connectivity index (χ4v) is 7.18. The van der Waals surface area contributed by atoms with E-state index in [1.807, 2.05) is 0 Å². The highest BCUT2D eigenvalue weighted by molar-refractivity contribution is 4.98. The molecule has 5 fully saturated rings. The van der Waals surface area contributed by atoms with Gasteiger partial charge in [0.1, 0.15) is 48.8 Å². The third kappa shape index (κ3) is 6.66. The quantitative estimate of drug-likeness (QED) is 0.127. The zero-order valence-electron chi connectivity index (χ0n) is 23.5. The van der Waals surface area contributed by atoms with E-state index < -0.39 is 105 Å². The monoisotopic (exact) mass is 611 g/mol. The largest absolute Gasteiger partial charge is 0.427 e. The Labute approximate surface area is 243 Å². The first kappa shape index (κ1) is 32.8. The number of aliphatic hydroxyl groups is 12. The molecule has 0 spiro atoms. The summed E-state index contributed by atoms with van der Waals surface area (Å²) in [6.07, 6.45) is -17.3. The standard InChI is InChI=1S/C27H46O15/c1-9-19(32)21(34)23(36)26(39-9)38-8-18-20(33)22(35)24(37)27(42-18)41-17-7-12-14(30)5-11(28)6-16(12)40-25(17)10-2-3-13(29)15(31)4-10/h9-37H,2-8H2,1H3/p+1/t9-,10?,11?,12?,13?,14?,15?,16?,17?,18+,19+,20-,21-,22+,23-,24-,25?,26-,27-/m1/s1. The summed E-state index contributed by atoms with van der Waals surface area (Å²) < 4.78 is 28.0. The van der Waals surface area contributed by atoms with Crippen molar-refractivity contribution in [2.45, 2.75) is 150 Å². The van der Waals surface area contributed by atoms with Crippen molar-refractivity contribution in [3.8, 4) is 0 Å². The molecule has 0 aromatic heterocycles. The van der Waals surface area contributed by atoms with Gasteiger partial charge in [0.25, 0.3) is 0 Å². The zero-order valence-corrected chi connectivity index (χ0v) is 23.5. The fraction of sp³-hybridized carbons (Fsp3) is 1.00. The number of hydrogen-bond acceptors (Lipinski definition) is 14. The van der Waals surface area contributed by atoms with E-state index in [4.69, 9.17) is 23.7 Å². The molecule has 42 heavy (non-hydrogen) atoms. The Morgan fingerprint density at radius 2 is 1.36 bits per heavy atom. The molecule has 19 atom stereocenters. The summed E-state index contributed by atoms with van der Waals surface area (Å²) in [5.74, 6) is -0.535. The van der Waals surface area contributed by atoms with E-state index in [2.05, 4.69) is 0 Å². The van der Waals surface area contributed by atoms with E-state index in [1.165, 1.54) is 6.92 Å². The summed E-state index contributed by atoms with van der Waals surface area (Å²) in [5, 5.41) is 104. The van der Waals surface area contributed by atoms with E-state index in [-0.39, 0.29) is 30.8 Å². The predicted molar refractivity (Wildman–Crippen MR) is 138 cm³/mol. The van der Waals surface area contributed by atoms with Crippen molar-refractivity contribution >= 4 is 0 Å². The molecule has 15 nitrogen and oxygen atoms in total. The van der Waals surface area contributed by atoms with E-state index in [0.717, 1.165) is 0 Å². The topological polar surface area (TPSA) is 252 Å². The summed E-state index contributed by atoms with van der Waals surface area (Å²) in [6, 6.07) is 0. The molecule has 15 heteroatoms. The van der Waals surface area contributed by atoms with Crippen LogP contribution in [0.4, 0.5) is 0 Å². The number of fused-ring (bicyclic) bond motifs is 1. The summed E-state index contributed by atoms with van der Waals surface area (Å²) in [7, 11) is 0. The highest BCUT2D eigenvalue weighted by atomic mass is 16.7. The van der Waals surface area contributed by atoms with Crippen molar-refractivity contribution in [2.24, 2.45) is 11.8 Å². The van der Waals surface area contributed by atoms with E-state index in [1.54, 1.807) is 0 Å². The normalized spacial score (nSPS) is 55.6. The average Bonchev–Trinajstić information content (AvgIpc) is 2.95. The van der Waals surface area contributed by atoms with Gasteiger partial charge in [-0.2, -0.15) is 0 Å². The molecule has 2 saturated carbocycles. The molecule has 0 aromatic carbocycles. The maximum absolute atomic E-state index is 10.8. The van der Waals surface area contributed by atoms with Crippen molar-refractivity contribution in [3.05, 3.63) is 0 Å². The molecule has 3 aliphatic heterocycles. The second-order valence-electron chi connectivity index (χ2n) is 12.7. The first-order chi connectivity index (χ1) is 19.8. The summed E-state index contributed by atoms with van der Waals surface area (Å²) in [6.45, 7) is 1.05. The number of hydrogen-bond donors (Lipinski definition) is 10. The van der Waals surface area contributed by atoms with Crippen molar-refractivity contribution < 1.29 is 74.7 Å². The lowest BCUT2D eigenvalue weighted by molar-refractivity contribution is -0.362. The second kappa shape index (κ2) is 13.4. The van der Waals surface area contributed by atoms with Gasteiger partial charge in [-0.3, -0.25) is 0 Å². The number of rotatable bonds is 6. The van der Waals surface area contributed by atoms with Gasteiger partial charge in [0.15, 0.2) is 24.8 Å². The molecule has 3 heterocycles. The molecule has 244 valence electrons. The van der Waals surface area contributed by atoms with Crippen LogP contribution in [0.3, 0.4) is 0 Å². The van der Waals surface area contributed by atoms with Crippen LogP contribution in [0.15, 0.2) is 0 Å². The molecule has 0 bridgehead atoms. The van der Waals surface area contributed by atoms with Crippen molar-refractivity contribution in [3.63, 3.8) is 0 Å². The molecule has 0 aromatic rings. The fourth-order valence-electron chi connectivity index (χ4n) is 7.18. The van der Waals surface area contributed by atoms with Gasteiger partial charge in [-0.15, -0.1) is 0 Å². The molecular weight excluding hydrogens is 564 g/mol. The molecule has 9 unspecified atom stereocenters. The highest BCUT2D eigenvalue weighted by Crippen LogP contribution is 2.42. The van der Waals surface area contributed by atoms with Crippen LogP contribution >= 0.6 is 0 Å². The maximum Gasteiger partial charge on any atom is 0.187 e. The lowest BCUT2D eigenvalue weighted by Gasteiger charge is -2.48. The number of aliphatic hydroxyl groups excluding tert-OH is 10. The molecule has 3 saturated heterocycles. The Balaban J connectivity index is 1.29. The summed E-state index contributed by atoms with van der Waals surface area (Å²) in [5.41, 5.74) is 0. The molecule has 2 aliphatic carbocycles. The Hall–Kier alpha value is -0.600. The Morgan fingerprint density at radius 1 is 0.667 bits per heavy atom. The van der Waals surface area contributed by atoms with Crippen LogP contribution in [-0.4, -0.2) is 167 Å².